The maximum absolute atomic E-state index is 13.3. The van der Waals surface area contributed by atoms with E-state index in [2.05, 4.69) is 11.9 Å². The average molecular weight is 351 g/mol. The topological polar surface area (TPSA) is 29.5 Å². The van der Waals surface area contributed by atoms with Crippen LogP contribution in [0.25, 0.3) is 0 Å². The molecule has 26 heavy (non-hydrogen) atoms. The molecule has 2 aromatic rings. The lowest BCUT2D eigenvalue weighted by atomic mass is 9.88. The van der Waals surface area contributed by atoms with Gasteiger partial charge in [-0.15, -0.1) is 0 Å². The third-order valence-electron chi connectivity index (χ3n) is 5.44. The van der Waals surface area contributed by atoms with Gasteiger partial charge >= 0.3 is 5.97 Å². The molecule has 0 aliphatic carbocycles. The van der Waals surface area contributed by atoms with Crippen molar-refractivity contribution in [2.24, 2.45) is 0 Å². The van der Waals surface area contributed by atoms with Crippen molar-refractivity contribution in [3.8, 4) is 0 Å². The molecule has 1 saturated heterocycles. The second-order valence-electron chi connectivity index (χ2n) is 7.77. The molecule has 0 amide bonds. The van der Waals surface area contributed by atoms with Crippen molar-refractivity contribution in [1.29, 1.82) is 0 Å². The van der Waals surface area contributed by atoms with Crippen LogP contribution in [0.2, 0.25) is 0 Å². The zero-order valence-electron chi connectivity index (χ0n) is 16.0. The molecule has 1 fully saturated rings. The molecule has 0 spiro atoms. The van der Waals surface area contributed by atoms with Crippen LogP contribution < -0.4 is 0 Å². The van der Waals surface area contributed by atoms with E-state index in [1.54, 1.807) is 0 Å². The number of carbonyl (C=O) groups excluding carboxylic acids is 1. The fourth-order valence-electron chi connectivity index (χ4n) is 4.10. The van der Waals surface area contributed by atoms with Crippen molar-refractivity contribution in [1.82, 2.24) is 4.90 Å². The first-order chi connectivity index (χ1) is 12.5. The standard InChI is InChI=1S/C23H29NO2/c1-23(2,20-16-10-11-17-24(20)3)26-22(25)21(18-12-6-4-7-13-18)19-14-8-5-9-15-19/h4-9,12-15,20-21H,10-11,16-17H2,1-3H3/t20-/m0/s1. The van der Waals surface area contributed by atoms with Crippen LogP contribution in [0.5, 0.6) is 0 Å². The molecular formula is C23H29NO2. The van der Waals surface area contributed by atoms with Gasteiger partial charge in [0.15, 0.2) is 0 Å². The minimum Gasteiger partial charge on any atom is -0.457 e. The number of benzene rings is 2. The molecule has 1 aliphatic rings. The minimum atomic E-state index is -0.520. The van der Waals surface area contributed by atoms with Gasteiger partial charge in [0.2, 0.25) is 0 Å². The third-order valence-corrected chi connectivity index (χ3v) is 5.44. The van der Waals surface area contributed by atoms with E-state index in [1.165, 1.54) is 12.8 Å². The van der Waals surface area contributed by atoms with Crippen molar-refractivity contribution in [2.75, 3.05) is 13.6 Å². The number of piperidine rings is 1. The van der Waals surface area contributed by atoms with Gasteiger partial charge in [0.1, 0.15) is 11.5 Å². The predicted molar refractivity (Wildman–Crippen MR) is 105 cm³/mol. The van der Waals surface area contributed by atoms with Crippen LogP contribution in [-0.4, -0.2) is 36.1 Å². The van der Waals surface area contributed by atoms with Gasteiger partial charge in [0.05, 0.1) is 0 Å². The van der Waals surface area contributed by atoms with Crippen molar-refractivity contribution >= 4 is 5.97 Å². The summed E-state index contributed by atoms with van der Waals surface area (Å²) in [6.45, 7) is 5.15. The zero-order valence-corrected chi connectivity index (χ0v) is 16.0. The monoisotopic (exact) mass is 351 g/mol. The SMILES string of the molecule is CN1CCCC[C@H]1C(C)(C)OC(=O)C(c1ccccc1)c1ccccc1. The molecule has 3 heteroatoms. The Balaban J connectivity index is 1.86. The maximum Gasteiger partial charge on any atom is 0.318 e. The van der Waals surface area contributed by atoms with Crippen molar-refractivity contribution in [3.05, 3.63) is 71.8 Å². The van der Waals surface area contributed by atoms with Gasteiger partial charge in [-0.25, -0.2) is 0 Å². The smallest absolute Gasteiger partial charge is 0.318 e. The summed E-state index contributed by atoms with van der Waals surface area (Å²) in [5.41, 5.74) is 1.42. The fraction of sp³-hybridized carbons (Fsp3) is 0.435. The number of hydrogen-bond donors (Lipinski definition) is 0. The van der Waals surface area contributed by atoms with Gasteiger partial charge < -0.3 is 4.74 Å². The molecule has 138 valence electrons. The second-order valence-corrected chi connectivity index (χ2v) is 7.77. The van der Waals surface area contributed by atoms with Crippen molar-refractivity contribution in [3.63, 3.8) is 0 Å². The number of rotatable bonds is 5. The first-order valence-corrected chi connectivity index (χ1v) is 9.52. The lowest BCUT2D eigenvalue weighted by Gasteiger charge is -2.43. The van der Waals surface area contributed by atoms with Gasteiger partial charge in [-0.3, -0.25) is 9.69 Å². The number of esters is 1. The van der Waals surface area contributed by atoms with Crippen LogP contribution in [0.3, 0.4) is 0 Å². The van der Waals surface area contributed by atoms with Gasteiger partial charge in [0.25, 0.3) is 0 Å². The summed E-state index contributed by atoms with van der Waals surface area (Å²) in [4.78, 5) is 15.6. The Morgan fingerprint density at radius 3 is 2.04 bits per heavy atom. The number of nitrogens with zero attached hydrogens (tertiary/aromatic N) is 1. The van der Waals surface area contributed by atoms with Crippen molar-refractivity contribution in [2.45, 2.75) is 50.7 Å². The highest BCUT2D eigenvalue weighted by Gasteiger charge is 2.39. The molecule has 0 radical (unpaired) electrons. The summed E-state index contributed by atoms with van der Waals surface area (Å²) < 4.78 is 6.14. The van der Waals surface area contributed by atoms with E-state index < -0.39 is 11.5 Å². The first kappa shape index (κ1) is 18.7. The molecule has 1 heterocycles. The molecule has 0 aromatic heterocycles. The van der Waals surface area contributed by atoms with Crippen LogP contribution in [0.1, 0.15) is 50.2 Å². The Bertz CT molecular complexity index is 672. The number of likely N-dealkylation sites (N-methyl/N-ethyl adjacent to an activating group) is 1. The summed E-state index contributed by atoms with van der Waals surface area (Å²) in [7, 11) is 2.13. The lowest BCUT2D eigenvalue weighted by Crippen LogP contribution is -2.52. The Hall–Kier alpha value is -2.13. The Kier molecular flexibility index (Phi) is 5.77. The molecule has 3 rings (SSSR count). The highest BCUT2D eigenvalue weighted by atomic mass is 16.6. The van der Waals surface area contributed by atoms with E-state index in [4.69, 9.17) is 4.74 Å². The van der Waals surface area contributed by atoms with E-state index in [-0.39, 0.29) is 12.0 Å². The zero-order chi connectivity index (χ0) is 18.6. The maximum atomic E-state index is 13.3. The van der Waals surface area contributed by atoms with E-state index >= 15 is 0 Å². The van der Waals surface area contributed by atoms with Crippen LogP contribution in [0.15, 0.2) is 60.7 Å². The summed E-state index contributed by atoms with van der Waals surface area (Å²) >= 11 is 0. The fourth-order valence-corrected chi connectivity index (χ4v) is 4.10. The first-order valence-electron chi connectivity index (χ1n) is 9.52. The number of ether oxygens (including phenoxy) is 1. The van der Waals surface area contributed by atoms with E-state index in [0.29, 0.717) is 0 Å². The average Bonchev–Trinajstić information content (AvgIpc) is 2.63. The molecule has 1 aliphatic heterocycles. The van der Waals surface area contributed by atoms with Gasteiger partial charge in [-0.1, -0.05) is 67.1 Å². The Labute approximate surface area is 157 Å². The highest BCUT2D eigenvalue weighted by Crippen LogP contribution is 2.32. The van der Waals surface area contributed by atoms with Gasteiger partial charge in [-0.05, 0) is 51.4 Å². The van der Waals surface area contributed by atoms with Gasteiger partial charge in [-0.2, -0.15) is 0 Å². The summed E-state index contributed by atoms with van der Waals surface area (Å²) in [5, 5.41) is 0. The van der Waals surface area contributed by atoms with Crippen LogP contribution in [-0.2, 0) is 9.53 Å². The molecule has 0 bridgehead atoms. The van der Waals surface area contributed by atoms with Crippen LogP contribution in [0.4, 0.5) is 0 Å². The van der Waals surface area contributed by atoms with E-state index in [1.807, 2.05) is 74.5 Å². The van der Waals surface area contributed by atoms with E-state index in [0.717, 1.165) is 24.1 Å². The molecule has 2 aromatic carbocycles. The summed E-state index contributed by atoms with van der Waals surface area (Å²) in [6.07, 6.45) is 3.47. The predicted octanol–water partition coefficient (Wildman–Crippen LogP) is 4.62. The largest absolute Gasteiger partial charge is 0.457 e. The van der Waals surface area contributed by atoms with Crippen LogP contribution >= 0.6 is 0 Å². The molecule has 0 N–H and O–H groups in total. The van der Waals surface area contributed by atoms with Crippen LogP contribution in [0, 0.1) is 0 Å². The quantitative estimate of drug-likeness (QED) is 0.736. The Morgan fingerprint density at radius 2 is 1.54 bits per heavy atom. The Morgan fingerprint density at radius 1 is 1.00 bits per heavy atom. The second kappa shape index (κ2) is 8.05. The minimum absolute atomic E-state index is 0.175. The molecule has 0 saturated carbocycles. The van der Waals surface area contributed by atoms with Gasteiger partial charge in [0, 0.05) is 6.04 Å². The molecule has 0 unspecified atom stereocenters. The number of likely N-dealkylation sites (tertiary alicyclic amines) is 1. The summed E-state index contributed by atoms with van der Waals surface area (Å²) in [5.74, 6) is -0.572. The van der Waals surface area contributed by atoms with E-state index in [9.17, 15) is 4.79 Å². The molecule has 3 nitrogen and oxygen atoms in total. The normalized spacial score (nSPS) is 18.7. The summed E-state index contributed by atoms with van der Waals surface area (Å²) in [6, 6.07) is 20.1. The lowest BCUT2D eigenvalue weighted by molar-refractivity contribution is -0.165. The van der Waals surface area contributed by atoms with Crippen molar-refractivity contribution < 1.29 is 9.53 Å². The highest BCUT2D eigenvalue weighted by molar-refractivity contribution is 5.82. The third kappa shape index (κ3) is 4.16. The number of carbonyl (C=O) groups is 1. The molecular weight excluding hydrogens is 322 g/mol. The number of hydrogen-bond acceptors (Lipinski definition) is 3. The molecule has 1 atom stereocenters.